The van der Waals surface area contributed by atoms with E-state index in [1.807, 2.05) is 20.9 Å². The second-order valence-corrected chi connectivity index (χ2v) is 5.25. The molecule has 1 N–H and O–H groups in total. The molecule has 6 heteroatoms. The van der Waals surface area contributed by atoms with Crippen molar-refractivity contribution in [2.75, 3.05) is 33.9 Å². The predicted molar refractivity (Wildman–Crippen MR) is 71.4 cm³/mol. The first-order chi connectivity index (χ1) is 9.04. The fourth-order valence-corrected chi connectivity index (χ4v) is 2.38. The van der Waals surface area contributed by atoms with Crippen LogP contribution in [-0.4, -0.2) is 59.7 Å². The van der Waals surface area contributed by atoms with Crippen LogP contribution in [0.15, 0.2) is 6.20 Å². The molecule has 0 saturated carbocycles. The van der Waals surface area contributed by atoms with Crippen LogP contribution in [0.1, 0.15) is 31.7 Å². The second-order valence-electron chi connectivity index (χ2n) is 5.25. The van der Waals surface area contributed by atoms with Crippen molar-refractivity contribution >= 4 is 0 Å². The van der Waals surface area contributed by atoms with Gasteiger partial charge in [-0.3, -0.25) is 4.68 Å². The molecule has 1 aliphatic rings. The van der Waals surface area contributed by atoms with Gasteiger partial charge in [-0.25, -0.2) is 0 Å². The SMILES string of the molecule is COc1cnn(C(C)C)c1C(O)C1CN(C)CCO1. The molecule has 6 nitrogen and oxygen atoms in total. The Labute approximate surface area is 113 Å². The molecule has 19 heavy (non-hydrogen) atoms. The lowest BCUT2D eigenvalue weighted by atomic mass is 10.1. The third kappa shape index (κ3) is 2.91. The molecule has 0 bridgehead atoms. The molecule has 2 unspecified atom stereocenters. The van der Waals surface area contributed by atoms with Gasteiger partial charge in [0.2, 0.25) is 0 Å². The number of aromatic nitrogens is 2. The number of morpholine rings is 1. The van der Waals surface area contributed by atoms with Crippen molar-refractivity contribution < 1.29 is 14.6 Å². The second kappa shape index (κ2) is 5.90. The van der Waals surface area contributed by atoms with E-state index in [0.29, 0.717) is 24.6 Å². The molecule has 0 aliphatic carbocycles. The van der Waals surface area contributed by atoms with Crippen molar-refractivity contribution in [2.24, 2.45) is 0 Å². The van der Waals surface area contributed by atoms with E-state index in [2.05, 4.69) is 10.00 Å². The Bertz CT molecular complexity index is 419. The summed E-state index contributed by atoms with van der Waals surface area (Å²) in [4.78, 5) is 2.15. The highest BCUT2D eigenvalue weighted by atomic mass is 16.5. The van der Waals surface area contributed by atoms with E-state index < -0.39 is 6.10 Å². The zero-order chi connectivity index (χ0) is 14.0. The van der Waals surface area contributed by atoms with Crippen LogP contribution in [0.4, 0.5) is 0 Å². The number of rotatable bonds is 4. The molecule has 1 aromatic rings. The summed E-state index contributed by atoms with van der Waals surface area (Å²) in [7, 11) is 3.62. The van der Waals surface area contributed by atoms with Crippen LogP contribution < -0.4 is 4.74 Å². The van der Waals surface area contributed by atoms with Crippen molar-refractivity contribution in [2.45, 2.75) is 32.1 Å². The first-order valence-electron chi connectivity index (χ1n) is 6.64. The minimum absolute atomic E-state index is 0.162. The lowest BCUT2D eigenvalue weighted by Crippen LogP contribution is -2.43. The Balaban J connectivity index is 2.26. The molecular formula is C13H23N3O3. The van der Waals surface area contributed by atoms with Gasteiger partial charge in [0.15, 0.2) is 5.75 Å². The molecule has 1 aliphatic heterocycles. The van der Waals surface area contributed by atoms with E-state index in [4.69, 9.17) is 9.47 Å². The summed E-state index contributed by atoms with van der Waals surface area (Å²) < 4.78 is 12.8. The van der Waals surface area contributed by atoms with E-state index in [9.17, 15) is 5.11 Å². The van der Waals surface area contributed by atoms with Gasteiger partial charge >= 0.3 is 0 Å². The van der Waals surface area contributed by atoms with Crippen molar-refractivity contribution in [1.29, 1.82) is 0 Å². The van der Waals surface area contributed by atoms with E-state index in [-0.39, 0.29) is 12.1 Å². The topological polar surface area (TPSA) is 59.8 Å². The van der Waals surface area contributed by atoms with Crippen LogP contribution in [0.2, 0.25) is 0 Å². The quantitative estimate of drug-likeness (QED) is 0.877. The summed E-state index contributed by atoms with van der Waals surface area (Å²) in [6.45, 7) is 6.28. The highest BCUT2D eigenvalue weighted by Crippen LogP contribution is 2.31. The first-order valence-corrected chi connectivity index (χ1v) is 6.64. The fraction of sp³-hybridized carbons (Fsp3) is 0.769. The third-order valence-electron chi connectivity index (χ3n) is 3.44. The largest absolute Gasteiger partial charge is 0.493 e. The van der Waals surface area contributed by atoms with Crippen LogP contribution in [0.25, 0.3) is 0 Å². The van der Waals surface area contributed by atoms with Gasteiger partial charge in [0.25, 0.3) is 0 Å². The molecule has 1 saturated heterocycles. The van der Waals surface area contributed by atoms with Crippen molar-refractivity contribution in [3.05, 3.63) is 11.9 Å². The number of aliphatic hydroxyl groups excluding tert-OH is 1. The Morgan fingerprint density at radius 3 is 2.84 bits per heavy atom. The van der Waals surface area contributed by atoms with Gasteiger partial charge in [0, 0.05) is 19.1 Å². The molecule has 0 aromatic carbocycles. The molecule has 0 amide bonds. The number of aliphatic hydroxyl groups is 1. The lowest BCUT2D eigenvalue weighted by Gasteiger charge is -2.33. The summed E-state index contributed by atoms with van der Waals surface area (Å²) in [6, 6.07) is 0.162. The Hall–Kier alpha value is -1.11. The number of hydrogen-bond donors (Lipinski definition) is 1. The average molecular weight is 269 g/mol. The van der Waals surface area contributed by atoms with Crippen LogP contribution in [-0.2, 0) is 4.74 Å². The molecule has 2 atom stereocenters. The van der Waals surface area contributed by atoms with Gasteiger partial charge in [-0.15, -0.1) is 0 Å². The highest BCUT2D eigenvalue weighted by Gasteiger charge is 2.32. The molecular weight excluding hydrogens is 246 g/mol. The van der Waals surface area contributed by atoms with Gasteiger partial charge in [-0.1, -0.05) is 0 Å². The van der Waals surface area contributed by atoms with E-state index in [1.165, 1.54) is 0 Å². The van der Waals surface area contributed by atoms with Gasteiger partial charge in [0.1, 0.15) is 17.9 Å². The first kappa shape index (κ1) is 14.3. The number of hydrogen-bond acceptors (Lipinski definition) is 5. The summed E-state index contributed by atoms with van der Waals surface area (Å²) in [5, 5.41) is 14.9. The Kier molecular flexibility index (Phi) is 4.44. The molecule has 2 heterocycles. The number of nitrogens with zero attached hydrogens (tertiary/aromatic N) is 3. The Morgan fingerprint density at radius 1 is 1.53 bits per heavy atom. The fourth-order valence-electron chi connectivity index (χ4n) is 2.38. The maximum Gasteiger partial charge on any atom is 0.162 e. The van der Waals surface area contributed by atoms with Gasteiger partial charge in [-0.2, -0.15) is 5.10 Å². The van der Waals surface area contributed by atoms with Crippen LogP contribution >= 0.6 is 0 Å². The molecule has 1 aromatic heterocycles. The summed E-state index contributed by atoms with van der Waals surface area (Å²) in [6.07, 6.45) is 0.662. The van der Waals surface area contributed by atoms with E-state index >= 15 is 0 Å². The maximum atomic E-state index is 10.6. The highest BCUT2D eigenvalue weighted by molar-refractivity contribution is 5.28. The zero-order valence-electron chi connectivity index (χ0n) is 12.0. The lowest BCUT2D eigenvalue weighted by molar-refractivity contribution is -0.0876. The molecule has 0 spiro atoms. The standard InChI is InChI=1S/C13H23N3O3/c1-9(2)16-12(10(18-4)7-14-16)13(17)11-8-15(3)5-6-19-11/h7,9,11,13,17H,5-6,8H2,1-4H3. The molecule has 0 radical (unpaired) electrons. The van der Waals surface area contributed by atoms with Crippen LogP contribution in [0.3, 0.4) is 0 Å². The van der Waals surface area contributed by atoms with E-state index in [0.717, 1.165) is 6.54 Å². The number of ether oxygens (including phenoxy) is 2. The number of methoxy groups -OCH3 is 1. The van der Waals surface area contributed by atoms with E-state index in [1.54, 1.807) is 18.0 Å². The average Bonchev–Trinajstić information content (AvgIpc) is 2.81. The van der Waals surface area contributed by atoms with Gasteiger partial charge in [0.05, 0.1) is 19.9 Å². The summed E-state index contributed by atoms with van der Waals surface area (Å²) in [5.41, 5.74) is 0.692. The smallest absolute Gasteiger partial charge is 0.162 e. The molecule has 2 rings (SSSR count). The summed E-state index contributed by atoms with van der Waals surface area (Å²) in [5.74, 6) is 0.609. The van der Waals surface area contributed by atoms with Crippen LogP contribution in [0.5, 0.6) is 5.75 Å². The number of likely N-dealkylation sites (N-methyl/N-ethyl adjacent to an activating group) is 1. The van der Waals surface area contributed by atoms with Gasteiger partial charge in [-0.05, 0) is 20.9 Å². The van der Waals surface area contributed by atoms with Crippen molar-refractivity contribution in [1.82, 2.24) is 14.7 Å². The van der Waals surface area contributed by atoms with Crippen LogP contribution in [0, 0.1) is 0 Å². The molecule has 1 fully saturated rings. The monoisotopic (exact) mass is 269 g/mol. The minimum Gasteiger partial charge on any atom is -0.493 e. The zero-order valence-corrected chi connectivity index (χ0v) is 12.0. The minimum atomic E-state index is -0.734. The van der Waals surface area contributed by atoms with Crippen molar-refractivity contribution in [3.8, 4) is 5.75 Å². The predicted octanol–water partition coefficient (Wildman–Crippen LogP) is 0.837. The normalized spacial score (nSPS) is 22.7. The summed E-state index contributed by atoms with van der Waals surface area (Å²) >= 11 is 0. The molecule has 108 valence electrons. The Morgan fingerprint density at radius 2 is 2.26 bits per heavy atom. The third-order valence-corrected chi connectivity index (χ3v) is 3.44. The van der Waals surface area contributed by atoms with Crippen molar-refractivity contribution in [3.63, 3.8) is 0 Å². The maximum absolute atomic E-state index is 10.6. The van der Waals surface area contributed by atoms with Gasteiger partial charge < -0.3 is 19.5 Å².